The third kappa shape index (κ3) is 2.31. The summed E-state index contributed by atoms with van der Waals surface area (Å²) in [5.41, 5.74) is 7.43. The Morgan fingerprint density at radius 2 is 1.62 bits per heavy atom. The first-order valence-electron chi connectivity index (χ1n) is 4.94. The average Bonchev–Trinajstić information content (AvgIpc) is 2.30. The Kier molecular flexibility index (Phi) is 3.36. The smallest absolute Gasteiger partial charge is 0.128 e. The first-order valence-corrected chi connectivity index (χ1v) is 5.73. The van der Waals surface area contributed by atoms with Crippen LogP contribution in [0.15, 0.2) is 53.0 Å². The maximum Gasteiger partial charge on any atom is 0.128 e. The minimum atomic E-state index is -0.422. The normalized spacial score (nSPS) is 12.4. The maximum absolute atomic E-state index is 13.5. The molecule has 2 rings (SSSR count). The highest BCUT2D eigenvalue weighted by Crippen LogP contribution is 2.23. The van der Waals surface area contributed by atoms with Gasteiger partial charge < -0.3 is 5.73 Å². The third-order valence-corrected chi connectivity index (χ3v) is 3.00. The van der Waals surface area contributed by atoms with E-state index in [1.54, 1.807) is 18.2 Å². The van der Waals surface area contributed by atoms with Gasteiger partial charge in [0.25, 0.3) is 0 Å². The zero-order valence-corrected chi connectivity index (χ0v) is 10.1. The molecule has 2 N–H and O–H groups in total. The van der Waals surface area contributed by atoms with Crippen LogP contribution in [0.25, 0.3) is 0 Å². The molecule has 1 unspecified atom stereocenters. The zero-order valence-electron chi connectivity index (χ0n) is 8.53. The van der Waals surface area contributed by atoms with Crippen LogP contribution in [0.4, 0.5) is 4.39 Å². The molecule has 2 aromatic carbocycles. The van der Waals surface area contributed by atoms with Crippen LogP contribution in [-0.4, -0.2) is 0 Å². The molecule has 3 heteroatoms. The Morgan fingerprint density at radius 3 is 2.25 bits per heavy atom. The molecular formula is C13H11BrFN. The summed E-state index contributed by atoms with van der Waals surface area (Å²) in [6.07, 6.45) is 0. The lowest BCUT2D eigenvalue weighted by molar-refractivity contribution is 0.599. The Hall–Kier alpha value is -1.19. The molecule has 1 atom stereocenters. The lowest BCUT2D eigenvalue weighted by atomic mass is 9.99. The van der Waals surface area contributed by atoms with E-state index >= 15 is 0 Å². The van der Waals surface area contributed by atoms with Gasteiger partial charge in [-0.1, -0.05) is 46.3 Å². The monoisotopic (exact) mass is 279 g/mol. The van der Waals surface area contributed by atoms with Gasteiger partial charge in [0.1, 0.15) is 5.82 Å². The highest BCUT2D eigenvalue weighted by Gasteiger charge is 2.12. The minimum absolute atomic E-state index is 0.266. The summed E-state index contributed by atoms with van der Waals surface area (Å²) in [6.45, 7) is 0. The van der Waals surface area contributed by atoms with Crippen molar-refractivity contribution in [3.05, 3.63) is 69.9 Å². The van der Waals surface area contributed by atoms with Crippen molar-refractivity contribution in [3.8, 4) is 0 Å². The fourth-order valence-electron chi connectivity index (χ4n) is 1.58. The molecule has 0 aliphatic heterocycles. The summed E-state index contributed by atoms with van der Waals surface area (Å²) in [7, 11) is 0. The SMILES string of the molecule is NC(c1ccc(Br)cc1)c1ccccc1F. The van der Waals surface area contributed by atoms with Crippen molar-refractivity contribution >= 4 is 15.9 Å². The van der Waals surface area contributed by atoms with Crippen LogP contribution in [0.5, 0.6) is 0 Å². The summed E-state index contributed by atoms with van der Waals surface area (Å²) >= 11 is 3.35. The van der Waals surface area contributed by atoms with Gasteiger partial charge in [-0.2, -0.15) is 0 Å². The van der Waals surface area contributed by atoms with Gasteiger partial charge >= 0.3 is 0 Å². The van der Waals surface area contributed by atoms with Gasteiger partial charge in [-0.25, -0.2) is 4.39 Å². The van der Waals surface area contributed by atoms with E-state index < -0.39 is 6.04 Å². The predicted octanol–water partition coefficient (Wildman–Crippen LogP) is 3.64. The first-order chi connectivity index (χ1) is 7.68. The molecular weight excluding hydrogens is 269 g/mol. The quantitative estimate of drug-likeness (QED) is 0.893. The van der Waals surface area contributed by atoms with Crippen LogP contribution < -0.4 is 5.73 Å². The molecule has 0 aliphatic carbocycles. The van der Waals surface area contributed by atoms with Crippen LogP contribution >= 0.6 is 15.9 Å². The number of benzene rings is 2. The lowest BCUT2D eigenvalue weighted by Crippen LogP contribution is -2.13. The zero-order chi connectivity index (χ0) is 11.5. The first kappa shape index (κ1) is 11.3. The van der Waals surface area contributed by atoms with Gasteiger partial charge in [-0.15, -0.1) is 0 Å². The lowest BCUT2D eigenvalue weighted by Gasteiger charge is -2.13. The molecule has 2 aromatic rings. The van der Waals surface area contributed by atoms with Gasteiger partial charge in [-0.05, 0) is 23.8 Å². The van der Waals surface area contributed by atoms with E-state index in [9.17, 15) is 4.39 Å². The van der Waals surface area contributed by atoms with Gasteiger partial charge in [-0.3, -0.25) is 0 Å². The summed E-state index contributed by atoms with van der Waals surface area (Å²) in [5.74, 6) is -0.266. The average molecular weight is 280 g/mol. The van der Waals surface area contributed by atoms with E-state index in [1.807, 2.05) is 24.3 Å². The number of hydrogen-bond donors (Lipinski definition) is 1. The highest BCUT2D eigenvalue weighted by atomic mass is 79.9. The van der Waals surface area contributed by atoms with Gasteiger partial charge in [0.2, 0.25) is 0 Å². The van der Waals surface area contributed by atoms with E-state index in [-0.39, 0.29) is 5.82 Å². The fraction of sp³-hybridized carbons (Fsp3) is 0.0769. The molecule has 0 fully saturated rings. The van der Waals surface area contributed by atoms with Gasteiger partial charge in [0, 0.05) is 10.0 Å². The van der Waals surface area contributed by atoms with Crippen LogP contribution in [-0.2, 0) is 0 Å². The number of nitrogens with two attached hydrogens (primary N) is 1. The Bertz CT molecular complexity index is 482. The van der Waals surface area contributed by atoms with E-state index in [1.165, 1.54) is 6.07 Å². The van der Waals surface area contributed by atoms with E-state index in [0.717, 1.165) is 10.0 Å². The second kappa shape index (κ2) is 4.76. The maximum atomic E-state index is 13.5. The van der Waals surface area contributed by atoms with Crippen molar-refractivity contribution in [2.45, 2.75) is 6.04 Å². The molecule has 82 valence electrons. The standard InChI is InChI=1S/C13H11BrFN/c14-10-7-5-9(6-8-10)13(16)11-3-1-2-4-12(11)15/h1-8,13H,16H2. The third-order valence-electron chi connectivity index (χ3n) is 2.47. The summed E-state index contributed by atoms with van der Waals surface area (Å²) in [5, 5.41) is 0. The topological polar surface area (TPSA) is 26.0 Å². The Labute approximate surface area is 102 Å². The molecule has 0 heterocycles. The fourth-order valence-corrected chi connectivity index (χ4v) is 1.84. The number of halogens is 2. The summed E-state index contributed by atoms with van der Waals surface area (Å²) < 4.78 is 14.5. The summed E-state index contributed by atoms with van der Waals surface area (Å²) in [6, 6.07) is 13.7. The van der Waals surface area contributed by atoms with Gasteiger partial charge in [0.15, 0.2) is 0 Å². The number of hydrogen-bond acceptors (Lipinski definition) is 1. The largest absolute Gasteiger partial charge is 0.320 e. The molecule has 0 saturated heterocycles. The summed E-state index contributed by atoms with van der Waals surface area (Å²) in [4.78, 5) is 0. The molecule has 0 amide bonds. The van der Waals surface area contributed by atoms with Crippen molar-refractivity contribution in [1.29, 1.82) is 0 Å². The van der Waals surface area contributed by atoms with E-state index in [0.29, 0.717) is 5.56 Å². The Morgan fingerprint density at radius 1 is 1.00 bits per heavy atom. The van der Waals surface area contributed by atoms with E-state index in [2.05, 4.69) is 15.9 Å². The van der Waals surface area contributed by atoms with Crippen molar-refractivity contribution < 1.29 is 4.39 Å². The molecule has 0 spiro atoms. The Balaban J connectivity index is 2.35. The van der Waals surface area contributed by atoms with Crippen molar-refractivity contribution in [1.82, 2.24) is 0 Å². The van der Waals surface area contributed by atoms with Crippen molar-refractivity contribution in [2.24, 2.45) is 5.73 Å². The van der Waals surface area contributed by atoms with Crippen molar-refractivity contribution in [2.75, 3.05) is 0 Å². The van der Waals surface area contributed by atoms with Crippen LogP contribution in [0.2, 0.25) is 0 Å². The van der Waals surface area contributed by atoms with Crippen molar-refractivity contribution in [3.63, 3.8) is 0 Å². The molecule has 0 bridgehead atoms. The highest BCUT2D eigenvalue weighted by molar-refractivity contribution is 9.10. The molecule has 0 radical (unpaired) electrons. The van der Waals surface area contributed by atoms with Crippen LogP contribution in [0.3, 0.4) is 0 Å². The number of rotatable bonds is 2. The minimum Gasteiger partial charge on any atom is -0.320 e. The molecule has 1 nitrogen and oxygen atoms in total. The predicted molar refractivity (Wildman–Crippen MR) is 66.6 cm³/mol. The second-order valence-corrected chi connectivity index (χ2v) is 4.47. The molecule has 0 aromatic heterocycles. The van der Waals surface area contributed by atoms with Gasteiger partial charge in [0.05, 0.1) is 6.04 Å². The van der Waals surface area contributed by atoms with Crippen LogP contribution in [0, 0.1) is 5.82 Å². The van der Waals surface area contributed by atoms with E-state index in [4.69, 9.17) is 5.73 Å². The second-order valence-electron chi connectivity index (χ2n) is 3.55. The van der Waals surface area contributed by atoms with Crippen LogP contribution in [0.1, 0.15) is 17.2 Å². The molecule has 16 heavy (non-hydrogen) atoms. The molecule has 0 aliphatic rings. The molecule has 0 saturated carbocycles.